The van der Waals surface area contributed by atoms with Gasteiger partial charge in [-0.1, -0.05) is 36.4 Å². The second-order valence-corrected chi connectivity index (χ2v) is 8.80. The van der Waals surface area contributed by atoms with Crippen LogP contribution in [0.4, 0.5) is 0 Å². The van der Waals surface area contributed by atoms with E-state index in [9.17, 15) is 9.59 Å². The lowest BCUT2D eigenvalue weighted by Gasteiger charge is -2.11. The van der Waals surface area contributed by atoms with E-state index in [1.165, 1.54) is 0 Å². The number of pyridine rings is 2. The summed E-state index contributed by atoms with van der Waals surface area (Å²) in [6.45, 7) is 1.36. The zero-order chi connectivity index (χ0) is 28.2. The van der Waals surface area contributed by atoms with Crippen LogP contribution in [0.5, 0.6) is 11.8 Å². The molecule has 2 aromatic carbocycles. The summed E-state index contributed by atoms with van der Waals surface area (Å²) in [5.74, 6) is 0.260. The molecule has 10 nitrogen and oxygen atoms in total. The fraction of sp³-hybridized carbons (Fsp3) is 0.333. The van der Waals surface area contributed by atoms with Crippen molar-refractivity contribution >= 4 is 33.5 Å². The van der Waals surface area contributed by atoms with Gasteiger partial charge in [0, 0.05) is 26.4 Å². The minimum atomic E-state index is -0.396. The Labute approximate surface area is 232 Å². The predicted octanol–water partition coefficient (Wildman–Crippen LogP) is 2.41. The van der Waals surface area contributed by atoms with Gasteiger partial charge in [0.1, 0.15) is 26.4 Å². The number of benzene rings is 2. The summed E-state index contributed by atoms with van der Waals surface area (Å²) in [4.78, 5) is 24.8. The van der Waals surface area contributed by atoms with Gasteiger partial charge in [-0.3, -0.25) is 0 Å². The maximum Gasteiger partial charge on any atom is 0.376 e. The summed E-state index contributed by atoms with van der Waals surface area (Å²) in [5, 5.41) is 3.66. The Kier molecular flexibility index (Phi) is 10.6. The molecule has 4 aromatic rings. The number of fused-ring (bicyclic) bond motifs is 2. The van der Waals surface area contributed by atoms with E-state index in [1.807, 2.05) is 60.7 Å². The van der Waals surface area contributed by atoms with E-state index in [-0.39, 0.29) is 39.5 Å². The summed E-state index contributed by atoms with van der Waals surface area (Å²) in [7, 11) is 3.10. The zero-order valence-corrected chi connectivity index (χ0v) is 22.7. The van der Waals surface area contributed by atoms with Gasteiger partial charge in [0.15, 0.2) is 12.4 Å². The lowest BCUT2D eigenvalue weighted by molar-refractivity contribution is -0.691. The lowest BCUT2D eigenvalue weighted by atomic mass is 10.1. The first-order valence-corrected chi connectivity index (χ1v) is 13.0. The monoisotopic (exact) mass is 550 g/mol. The number of hydrogen-bond acceptors (Lipinski definition) is 8. The van der Waals surface area contributed by atoms with Crippen LogP contribution in [0.1, 0.15) is 0 Å². The molecule has 0 aliphatic heterocycles. The summed E-state index contributed by atoms with van der Waals surface area (Å²) in [6.07, 6.45) is 3.59. The minimum absolute atomic E-state index is 0.0146. The molecule has 0 atom stereocenters. The van der Waals surface area contributed by atoms with Crippen LogP contribution in [0.2, 0.25) is 0 Å². The van der Waals surface area contributed by atoms with Crippen LogP contribution in [-0.4, -0.2) is 65.8 Å². The molecule has 0 saturated heterocycles. The molecule has 0 saturated carbocycles. The topological polar surface area (TPSA) is 97.3 Å². The fourth-order valence-electron chi connectivity index (χ4n) is 4.15. The number of ether oxygens (including phenoxy) is 6. The predicted molar refractivity (Wildman–Crippen MR) is 145 cm³/mol. The van der Waals surface area contributed by atoms with E-state index < -0.39 is 11.9 Å². The molecule has 0 amide bonds. The van der Waals surface area contributed by atoms with Gasteiger partial charge in [0.25, 0.3) is 0 Å². The normalized spacial score (nSPS) is 10.9. The molecular weight excluding hydrogens is 516 g/mol. The van der Waals surface area contributed by atoms with Crippen LogP contribution in [-0.2, 0) is 41.6 Å². The van der Waals surface area contributed by atoms with E-state index in [0.29, 0.717) is 25.0 Å². The molecule has 2 heterocycles. The van der Waals surface area contributed by atoms with Crippen LogP contribution in [0.3, 0.4) is 0 Å². The number of nitrogens with zero attached hydrogens (tertiary/aromatic N) is 2. The van der Waals surface area contributed by atoms with Crippen molar-refractivity contribution in [3.05, 3.63) is 73.1 Å². The molecule has 0 spiro atoms. The molecule has 10 heteroatoms. The third kappa shape index (κ3) is 7.64. The molecule has 0 unspecified atom stereocenters. The van der Waals surface area contributed by atoms with Crippen molar-refractivity contribution in [3.63, 3.8) is 0 Å². The van der Waals surface area contributed by atoms with Gasteiger partial charge >= 0.3 is 23.7 Å². The second kappa shape index (κ2) is 14.8. The highest BCUT2D eigenvalue weighted by atomic mass is 16.6. The standard InChI is InChI=1S/C30H34N2O8/c1-35-15-17-37-27(33)21-31-13-11-23-7-3-5-9-25(23)29(31)39-19-20-40-30-26-10-6-4-8-24(26)12-14-32(30)22-28(34)38-18-16-36-2/h3-14H,15-22H2,1-2H3/q+2. The number of methoxy groups -OCH3 is 2. The van der Waals surface area contributed by atoms with Crippen LogP contribution >= 0.6 is 0 Å². The minimum Gasteiger partial charge on any atom is -0.459 e. The number of aromatic nitrogens is 2. The van der Waals surface area contributed by atoms with Gasteiger partial charge in [-0.25, -0.2) is 9.59 Å². The quantitative estimate of drug-likeness (QED) is 0.127. The van der Waals surface area contributed by atoms with E-state index in [2.05, 4.69) is 0 Å². The molecular formula is C30H34N2O8+2. The Morgan fingerprint density at radius 3 is 1.43 bits per heavy atom. The summed E-state index contributed by atoms with van der Waals surface area (Å²) >= 11 is 0. The molecule has 2 aromatic heterocycles. The SMILES string of the molecule is COCCOC(=O)C[n+]1ccc2ccccc2c1OCCOc1c2ccccc2cc[n+]1CC(=O)OCCOC. The van der Waals surface area contributed by atoms with Crippen molar-refractivity contribution in [2.45, 2.75) is 13.1 Å². The third-order valence-corrected chi connectivity index (χ3v) is 6.03. The average molecular weight is 551 g/mol. The number of carbonyl (C=O) groups is 2. The van der Waals surface area contributed by atoms with Gasteiger partial charge < -0.3 is 28.4 Å². The molecule has 210 valence electrons. The molecule has 0 fully saturated rings. The van der Waals surface area contributed by atoms with E-state index in [1.54, 1.807) is 35.7 Å². The number of esters is 2. The number of rotatable bonds is 15. The molecule has 0 bridgehead atoms. The van der Waals surface area contributed by atoms with Crippen molar-refractivity contribution in [3.8, 4) is 11.8 Å². The molecule has 0 radical (unpaired) electrons. The van der Waals surface area contributed by atoms with Gasteiger partial charge in [-0.05, 0) is 22.9 Å². The van der Waals surface area contributed by atoms with Gasteiger partial charge in [-0.2, -0.15) is 9.13 Å². The largest absolute Gasteiger partial charge is 0.459 e. The van der Waals surface area contributed by atoms with Crippen molar-refractivity contribution < 1.29 is 47.1 Å². The highest BCUT2D eigenvalue weighted by Gasteiger charge is 2.23. The molecule has 0 aliphatic rings. The van der Waals surface area contributed by atoms with E-state index in [0.717, 1.165) is 21.5 Å². The summed E-state index contributed by atoms with van der Waals surface area (Å²) in [5.41, 5.74) is 0. The summed E-state index contributed by atoms with van der Waals surface area (Å²) < 4.78 is 36.2. The number of carbonyl (C=O) groups excluding carboxylic acids is 2. The lowest BCUT2D eigenvalue weighted by Crippen LogP contribution is -2.41. The smallest absolute Gasteiger partial charge is 0.376 e. The second-order valence-electron chi connectivity index (χ2n) is 8.80. The Morgan fingerprint density at radius 2 is 1.00 bits per heavy atom. The highest BCUT2D eigenvalue weighted by molar-refractivity contribution is 5.86. The maximum absolute atomic E-state index is 12.4. The van der Waals surface area contributed by atoms with Crippen molar-refractivity contribution in [2.75, 3.05) is 53.9 Å². The van der Waals surface area contributed by atoms with Crippen molar-refractivity contribution in [1.82, 2.24) is 0 Å². The van der Waals surface area contributed by atoms with Crippen LogP contribution in [0, 0.1) is 0 Å². The zero-order valence-electron chi connectivity index (χ0n) is 22.7. The van der Waals surface area contributed by atoms with E-state index in [4.69, 9.17) is 28.4 Å². The first-order chi connectivity index (χ1) is 19.6. The molecule has 0 aliphatic carbocycles. The fourth-order valence-corrected chi connectivity index (χ4v) is 4.15. The third-order valence-electron chi connectivity index (χ3n) is 6.03. The van der Waals surface area contributed by atoms with Gasteiger partial charge in [0.2, 0.25) is 13.1 Å². The summed E-state index contributed by atoms with van der Waals surface area (Å²) in [6, 6.07) is 19.4. The Balaban J connectivity index is 1.49. The van der Waals surface area contributed by atoms with Crippen LogP contribution in [0.15, 0.2) is 73.1 Å². The van der Waals surface area contributed by atoms with Crippen LogP contribution in [0.25, 0.3) is 21.5 Å². The van der Waals surface area contributed by atoms with Gasteiger partial charge in [0.05, 0.1) is 24.0 Å². The first-order valence-electron chi connectivity index (χ1n) is 13.0. The Morgan fingerprint density at radius 1 is 0.575 bits per heavy atom. The first kappa shape index (κ1) is 28.7. The van der Waals surface area contributed by atoms with Gasteiger partial charge in [-0.15, -0.1) is 0 Å². The van der Waals surface area contributed by atoms with Crippen molar-refractivity contribution in [1.29, 1.82) is 0 Å². The maximum atomic E-state index is 12.4. The highest BCUT2D eigenvalue weighted by Crippen LogP contribution is 2.23. The average Bonchev–Trinajstić information content (AvgIpc) is 2.97. The van der Waals surface area contributed by atoms with Crippen LogP contribution < -0.4 is 18.6 Å². The molecule has 4 rings (SSSR count). The molecule has 40 heavy (non-hydrogen) atoms. The Hall–Kier alpha value is -4.28. The Bertz CT molecular complexity index is 1330. The van der Waals surface area contributed by atoms with E-state index >= 15 is 0 Å². The molecule has 0 N–H and O–H groups in total. The number of hydrogen-bond donors (Lipinski definition) is 0. The van der Waals surface area contributed by atoms with Crippen molar-refractivity contribution in [2.24, 2.45) is 0 Å².